The summed E-state index contributed by atoms with van der Waals surface area (Å²) in [6.07, 6.45) is -5.07. The summed E-state index contributed by atoms with van der Waals surface area (Å²) >= 11 is 5.74. The van der Waals surface area contributed by atoms with Gasteiger partial charge >= 0.3 is 6.18 Å². The molecule has 1 amide bonds. The number of rotatable bonds is 6. The second-order valence-electron chi connectivity index (χ2n) is 7.43. The molecule has 0 bridgehead atoms. The van der Waals surface area contributed by atoms with Gasteiger partial charge in [-0.25, -0.2) is 0 Å². The van der Waals surface area contributed by atoms with Crippen molar-refractivity contribution in [2.75, 3.05) is 18.5 Å². The molecule has 1 heterocycles. The van der Waals surface area contributed by atoms with Gasteiger partial charge in [-0.1, -0.05) is 54.1 Å². The molecule has 3 aromatic rings. The zero-order chi connectivity index (χ0) is 23.4. The highest BCUT2D eigenvalue weighted by Gasteiger charge is 2.35. The molecular formula is C24H20ClF3N2O3. The standard InChI is InChI=1S/C24H20ClF3N2O3/c25-16-10-11-19(18(12-16)24(26,27)28)30-23(31)22(15-6-2-1-3-7-15)29-13-17-14-32-20-8-4-5-9-21(20)33-17/h1-12,17,22,29H,13-14H2,(H,30,31). The van der Waals surface area contributed by atoms with E-state index in [9.17, 15) is 18.0 Å². The molecule has 3 aromatic carbocycles. The van der Waals surface area contributed by atoms with Crippen molar-refractivity contribution in [3.8, 4) is 11.5 Å². The van der Waals surface area contributed by atoms with E-state index in [0.29, 0.717) is 17.1 Å². The zero-order valence-corrected chi connectivity index (χ0v) is 18.0. The fraction of sp³-hybridized carbons (Fsp3) is 0.208. The van der Waals surface area contributed by atoms with Crippen LogP contribution < -0.4 is 20.1 Å². The second kappa shape index (κ2) is 9.72. The molecular weight excluding hydrogens is 457 g/mol. The lowest BCUT2D eigenvalue weighted by atomic mass is 10.0. The summed E-state index contributed by atoms with van der Waals surface area (Å²) in [4.78, 5) is 13.1. The first-order valence-corrected chi connectivity index (χ1v) is 10.5. The maximum atomic E-state index is 13.5. The first kappa shape index (κ1) is 22.9. The average Bonchev–Trinajstić information content (AvgIpc) is 2.80. The van der Waals surface area contributed by atoms with E-state index in [-0.39, 0.29) is 30.0 Å². The summed E-state index contributed by atoms with van der Waals surface area (Å²) in [5.74, 6) is 0.576. The van der Waals surface area contributed by atoms with Gasteiger partial charge in [-0.05, 0) is 35.9 Å². The van der Waals surface area contributed by atoms with Gasteiger partial charge in [-0.15, -0.1) is 0 Å². The number of ether oxygens (including phenoxy) is 2. The van der Waals surface area contributed by atoms with Crippen LogP contribution in [-0.4, -0.2) is 25.2 Å². The first-order chi connectivity index (χ1) is 15.8. The number of alkyl halides is 3. The van der Waals surface area contributed by atoms with Gasteiger partial charge in [-0.3, -0.25) is 10.1 Å². The summed E-state index contributed by atoms with van der Waals surface area (Å²) in [6, 6.07) is 18.2. The third-order valence-electron chi connectivity index (χ3n) is 5.06. The van der Waals surface area contributed by atoms with Crippen molar-refractivity contribution in [3.05, 3.63) is 88.9 Å². The molecule has 172 valence electrons. The van der Waals surface area contributed by atoms with Gasteiger partial charge in [0.2, 0.25) is 5.91 Å². The number of carbonyl (C=O) groups excluding carboxylic acids is 1. The third kappa shape index (κ3) is 5.58. The van der Waals surface area contributed by atoms with E-state index in [1.54, 1.807) is 42.5 Å². The van der Waals surface area contributed by atoms with Crippen LogP contribution in [-0.2, 0) is 11.0 Å². The van der Waals surface area contributed by atoms with E-state index in [1.807, 2.05) is 12.1 Å². The normalized spacial score (nSPS) is 16.2. The van der Waals surface area contributed by atoms with E-state index < -0.39 is 23.7 Å². The molecule has 2 atom stereocenters. The van der Waals surface area contributed by atoms with Crippen molar-refractivity contribution in [2.24, 2.45) is 0 Å². The lowest BCUT2D eigenvalue weighted by molar-refractivity contribution is -0.137. The van der Waals surface area contributed by atoms with E-state index >= 15 is 0 Å². The van der Waals surface area contributed by atoms with Crippen LogP contribution in [0.4, 0.5) is 18.9 Å². The predicted molar refractivity (Wildman–Crippen MR) is 119 cm³/mol. The Kier molecular flexibility index (Phi) is 6.76. The number of anilines is 1. The Morgan fingerprint density at radius 2 is 1.73 bits per heavy atom. The molecule has 4 rings (SSSR count). The summed E-state index contributed by atoms with van der Waals surface area (Å²) in [7, 11) is 0. The Balaban J connectivity index is 1.52. The molecule has 0 radical (unpaired) electrons. The quantitative estimate of drug-likeness (QED) is 0.495. The fourth-order valence-electron chi connectivity index (χ4n) is 3.49. The number of benzene rings is 3. The molecule has 1 aliphatic heterocycles. The van der Waals surface area contributed by atoms with Crippen LogP contribution in [0.15, 0.2) is 72.8 Å². The van der Waals surface area contributed by atoms with E-state index in [0.717, 1.165) is 12.1 Å². The molecule has 0 saturated heterocycles. The lowest BCUT2D eigenvalue weighted by Crippen LogP contribution is -2.43. The van der Waals surface area contributed by atoms with Crippen LogP contribution in [0.2, 0.25) is 5.02 Å². The smallest absolute Gasteiger partial charge is 0.418 e. The summed E-state index contributed by atoms with van der Waals surface area (Å²) in [5, 5.41) is 5.42. The fourth-order valence-corrected chi connectivity index (χ4v) is 3.66. The zero-order valence-electron chi connectivity index (χ0n) is 17.2. The molecule has 0 fully saturated rings. The maximum Gasteiger partial charge on any atom is 0.418 e. The first-order valence-electron chi connectivity index (χ1n) is 10.2. The Morgan fingerprint density at radius 3 is 2.45 bits per heavy atom. The molecule has 0 aromatic heterocycles. The molecule has 2 unspecified atom stereocenters. The Hall–Kier alpha value is -3.23. The van der Waals surface area contributed by atoms with Gasteiger partial charge in [-0.2, -0.15) is 13.2 Å². The average molecular weight is 477 g/mol. The number of hydrogen-bond acceptors (Lipinski definition) is 4. The number of hydrogen-bond donors (Lipinski definition) is 2. The molecule has 33 heavy (non-hydrogen) atoms. The van der Waals surface area contributed by atoms with Crippen LogP contribution in [0.3, 0.4) is 0 Å². The highest BCUT2D eigenvalue weighted by Crippen LogP contribution is 2.37. The van der Waals surface area contributed by atoms with E-state index in [2.05, 4.69) is 10.6 Å². The third-order valence-corrected chi connectivity index (χ3v) is 5.29. The highest BCUT2D eigenvalue weighted by molar-refractivity contribution is 6.30. The number of fused-ring (bicyclic) bond motifs is 1. The van der Waals surface area contributed by atoms with Crippen LogP contribution in [0.1, 0.15) is 17.2 Å². The van der Waals surface area contributed by atoms with E-state index in [1.165, 1.54) is 6.07 Å². The van der Waals surface area contributed by atoms with Crippen molar-refractivity contribution in [2.45, 2.75) is 18.3 Å². The van der Waals surface area contributed by atoms with Gasteiger partial charge in [0.05, 0.1) is 11.3 Å². The number of amides is 1. The molecule has 9 heteroatoms. The minimum absolute atomic E-state index is 0.0761. The molecule has 0 aliphatic carbocycles. The molecule has 1 aliphatic rings. The van der Waals surface area contributed by atoms with Crippen molar-refractivity contribution in [1.82, 2.24) is 5.32 Å². The van der Waals surface area contributed by atoms with Crippen LogP contribution in [0, 0.1) is 0 Å². The molecule has 5 nitrogen and oxygen atoms in total. The lowest BCUT2D eigenvalue weighted by Gasteiger charge is -2.28. The number of nitrogens with one attached hydrogen (secondary N) is 2. The van der Waals surface area contributed by atoms with Gasteiger partial charge in [0.25, 0.3) is 0 Å². The second-order valence-corrected chi connectivity index (χ2v) is 7.86. The predicted octanol–water partition coefficient (Wildman–Crippen LogP) is 5.47. The monoisotopic (exact) mass is 476 g/mol. The topological polar surface area (TPSA) is 59.6 Å². The van der Waals surface area contributed by atoms with Gasteiger partial charge in [0.15, 0.2) is 11.5 Å². The number of para-hydroxylation sites is 2. The van der Waals surface area contributed by atoms with Crippen molar-refractivity contribution in [1.29, 1.82) is 0 Å². The number of carbonyl (C=O) groups is 1. The van der Waals surface area contributed by atoms with Crippen molar-refractivity contribution < 1.29 is 27.4 Å². The number of halogens is 4. The molecule has 2 N–H and O–H groups in total. The van der Waals surface area contributed by atoms with Crippen LogP contribution in [0.25, 0.3) is 0 Å². The van der Waals surface area contributed by atoms with Crippen molar-refractivity contribution >= 4 is 23.2 Å². The van der Waals surface area contributed by atoms with Gasteiger partial charge < -0.3 is 14.8 Å². The summed E-state index contributed by atoms with van der Waals surface area (Å²) in [5.41, 5.74) is -0.795. The highest BCUT2D eigenvalue weighted by atomic mass is 35.5. The van der Waals surface area contributed by atoms with Crippen molar-refractivity contribution in [3.63, 3.8) is 0 Å². The Morgan fingerprint density at radius 1 is 1.03 bits per heavy atom. The van der Waals surface area contributed by atoms with Crippen LogP contribution in [0.5, 0.6) is 11.5 Å². The minimum Gasteiger partial charge on any atom is -0.486 e. The Labute approximate surface area is 193 Å². The minimum atomic E-state index is -4.68. The SMILES string of the molecule is O=C(Nc1ccc(Cl)cc1C(F)(F)F)C(NCC1COc2ccccc2O1)c1ccccc1. The van der Waals surface area contributed by atoms with E-state index in [4.69, 9.17) is 21.1 Å². The maximum absolute atomic E-state index is 13.5. The summed E-state index contributed by atoms with van der Waals surface area (Å²) in [6.45, 7) is 0.497. The van der Waals surface area contributed by atoms with Crippen LogP contribution >= 0.6 is 11.6 Å². The largest absolute Gasteiger partial charge is 0.486 e. The van der Waals surface area contributed by atoms with Gasteiger partial charge in [0.1, 0.15) is 18.8 Å². The molecule has 0 saturated carbocycles. The molecule has 0 spiro atoms. The van der Waals surface area contributed by atoms with Gasteiger partial charge in [0, 0.05) is 11.6 Å². The Bertz CT molecular complexity index is 1130. The summed E-state index contributed by atoms with van der Waals surface area (Å²) < 4.78 is 52.0.